The second kappa shape index (κ2) is 17.9. The third kappa shape index (κ3) is 9.63. The minimum Gasteiger partial charge on any atom is -0.512 e. The summed E-state index contributed by atoms with van der Waals surface area (Å²) in [6.45, 7) is 26.6. The van der Waals surface area contributed by atoms with Crippen molar-refractivity contribution in [3.8, 4) is 11.3 Å². The number of aliphatic hydroxyl groups excluding tert-OH is 1. The summed E-state index contributed by atoms with van der Waals surface area (Å²) in [6, 6.07) is 21.4. The van der Waals surface area contributed by atoms with Gasteiger partial charge in [-0.25, -0.2) is 4.98 Å². The molecule has 275 valence electrons. The number of carbonyl (C=O) groups excluding carboxylic acids is 1. The molecule has 0 unspecified atom stereocenters. The van der Waals surface area contributed by atoms with Gasteiger partial charge in [0.05, 0.1) is 19.3 Å². The second-order valence-electron chi connectivity index (χ2n) is 15.3. The molecule has 0 atom stereocenters. The molecule has 0 amide bonds. The van der Waals surface area contributed by atoms with E-state index in [-0.39, 0.29) is 49.8 Å². The van der Waals surface area contributed by atoms with E-state index in [1.807, 2.05) is 39.0 Å². The Bertz CT molecular complexity index is 2040. The molecule has 5 rings (SSSR count). The van der Waals surface area contributed by atoms with Crippen molar-refractivity contribution < 1.29 is 31.4 Å². The molecule has 51 heavy (non-hydrogen) atoms. The van der Waals surface area contributed by atoms with E-state index in [9.17, 15) is 9.90 Å². The Hall–Kier alpha value is -2.75. The SMILES string of the molecule is CCC(CC)C(=O)/C=C(\O)C(CC)CC.[2H]c1nc(-c2[c-]c3ccccc3c([Si](C)(C)C)c2)c2sc([Si](C)(C)c3cc(C)cc(C)c3)c(C)c2n1.[Ir]. The van der Waals surface area contributed by atoms with E-state index in [4.69, 9.17) is 6.35 Å². The fourth-order valence-corrected chi connectivity index (χ4v) is 13.8. The van der Waals surface area contributed by atoms with Crippen molar-refractivity contribution in [2.24, 2.45) is 11.8 Å². The summed E-state index contributed by atoms with van der Waals surface area (Å²) in [5.74, 6) is 0.547. The van der Waals surface area contributed by atoms with Crippen molar-refractivity contribution in [3.05, 3.63) is 89.4 Å². The molecule has 0 aliphatic carbocycles. The number of thiophene rings is 1. The summed E-state index contributed by atoms with van der Waals surface area (Å²) in [4.78, 5) is 21.1. The van der Waals surface area contributed by atoms with Gasteiger partial charge in [-0.05, 0) is 52.0 Å². The van der Waals surface area contributed by atoms with Crippen molar-refractivity contribution in [2.45, 2.75) is 107 Å². The van der Waals surface area contributed by atoms with Crippen LogP contribution in [-0.2, 0) is 24.9 Å². The molecule has 4 nitrogen and oxygen atoms in total. The van der Waals surface area contributed by atoms with Gasteiger partial charge >= 0.3 is 0 Å². The Balaban J connectivity index is 0.000000389. The summed E-state index contributed by atoms with van der Waals surface area (Å²) in [6.07, 6.45) is 4.98. The predicted octanol–water partition coefficient (Wildman–Crippen LogP) is 10.5. The van der Waals surface area contributed by atoms with Crippen LogP contribution in [0.5, 0.6) is 0 Å². The summed E-state index contributed by atoms with van der Waals surface area (Å²) < 4.78 is 11.0. The second-order valence-corrected chi connectivity index (χ2v) is 26.0. The van der Waals surface area contributed by atoms with Crippen LogP contribution in [0.4, 0.5) is 0 Å². The molecule has 5 aromatic rings. The first-order valence-corrected chi connectivity index (χ1v) is 25.5. The fourth-order valence-electron chi connectivity index (χ4n) is 6.98. The molecule has 0 aliphatic heterocycles. The number of ketones is 1. The van der Waals surface area contributed by atoms with Crippen LogP contribution in [0.15, 0.2) is 66.7 Å². The molecule has 8 heteroatoms. The number of carbonyl (C=O) groups is 1. The van der Waals surface area contributed by atoms with Crippen LogP contribution < -0.4 is 14.9 Å². The van der Waals surface area contributed by atoms with Crippen molar-refractivity contribution in [1.29, 1.82) is 0 Å². The van der Waals surface area contributed by atoms with E-state index >= 15 is 0 Å². The first-order chi connectivity index (χ1) is 24.0. The summed E-state index contributed by atoms with van der Waals surface area (Å²) in [7, 11) is -3.62. The van der Waals surface area contributed by atoms with Gasteiger partial charge in [-0.15, -0.1) is 40.1 Å². The van der Waals surface area contributed by atoms with Crippen LogP contribution in [0.2, 0.25) is 32.7 Å². The number of hydrogen-bond donors (Lipinski definition) is 1. The number of hydrogen-bond acceptors (Lipinski definition) is 5. The van der Waals surface area contributed by atoms with Crippen LogP contribution in [0.3, 0.4) is 0 Å². The third-order valence-corrected chi connectivity index (χ3v) is 18.3. The van der Waals surface area contributed by atoms with Crippen LogP contribution in [0.25, 0.3) is 32.2 Å². The number of fused-ring (bicyclic) bond motifs is 2. The number of nitrogens with zero attached hydrogens (tertiary/aromatic N) is 2. The van der Waals surface area contributed by atoms with Gasteiger partial charge in [0.1, 0.15) is 15.7 Å². The average Bonchev–Trinajstić information content (AvgIpc) is 3.40. The van der Waals surface area contributed by atoms with Gasteiger partial charge in [-0.1, -0.05) is 124 Å². The van der Waals surface area contributed by atoms with Crippen molar-refractivity contribution >= 4 is 69.1 Å². The maximum absolute atomic E-state index is 11.7. The largest absolute Gasteiger partial charge is 0.512 e. The first-order valence-electron chi connectivity index (χ1n) is 18.7. The molecule has 2 heterocycles. The molecule has 0 fully saturated rings. The molecule has 0 spiro atoms. The Morgan fingerprint density at radius 2 is 1.49 bits per heavy atom. The van der Waals surface area contributed by atoms with Crippen LogP contribution in [0, 0.1) is 38.7 Å². The minimum atomic E-state index is -1.99. The zero-order valence-corrected chi connectivity index (χ0v) is 37.9. The Morgan fingerprint density at radius 1 is 0.902 bits per heavy atom. The molecule has 0 bridgehead atoms. The Kier molecular flexibility index (Phi) is 14.4. The summed E-state index contributed by atoms with van der Waals surface area (Å²) in [5.41, 5.74) is 6.57. The Labute approximate surface area is 328 Å². The number of rotatable bonds is 11. The van der Waals surface area contributed by atoms with E-state index in [0.29, 0.717) is 0 Å². The number of aromatic nitrogens is 2. The van der Waals surface area contributed by atoms with Crippen LogP contribution in [-0.4, -0.2) is 37.0 Å². The predicted molar refractivity (Wildman–Crippen MR) is 223 cm³/mol. The number of aryl methyl sites for hydroxylation is 3. The smallest absolute Gasteiger partial charge is 0.162 e. The maximum Gasteiger partial charge on any atom is 0.162 e. The molecular weight excluding hydrogens is 857 g/mol. The summed E-state index contributed by atoms with van der Waals surface area (Å²) >= 11 is 1.83. The molecular formula is C43H57IrN2O2SSi2-. The van der Waals surface area contributed by atoms with Crippen molar-refractivity contribution in [1.82, 2.24) is 9.97 Å². The van der Waals surface area contributed by atoms with E-state index in [1.54, 1.807) is 0 Å². The van der Waals surface area contributed by atoms with Gasteiger partial charge in [0, 0.05) is 52.9 Å². The molecule has 0 saturated carbocycles. The maximum atomic E-state index is 11.7. The zero-order valence-electron chi connectivity index (χ0n) is 33.7. The van der Waals surface area contributed by atoms with Crippen LogP contribution >= 0.6 is 11.3 Å². The molecule has 1 radical (unpaired) electrons. The monoisotopic (exact) mass is 915 g/mol. The number of benzene rings is 3. The van der Waals surface area contributed by atoms with Gasteiger partial charge in [0.15, 0.2) is 5.78 Å². The van der Waals surface area contributed by atoms with Gasteiger partial charge in [0.25, 0.3) is 0 Å². The number of allylic oxidation sites excluding steroid dienone is 2. The standard InChI is InChI=1S/C30H33N2SSi2.C13H24O2.Ir/c1-19-13-20(2)15-24(14-19)35(7,8)30-21(3)27-29(33-30)28(32-18-31-27)23-16-22-11-9-10-12-25(22)26(17-23)34(4,5)6;1-5-10(6-2)12(14)9-13(15)11(7-3)8-4;/h9-15,17-18H,1-8H3;9-11,14H,5-8H2,1-4H3;/q-1;;/b;12-9-;/i18D;;. The molecule has 3 aromatic carbocycles. The fraction of sp³-hybridized carbons (Fsp3) is 0.419. The number of aliphatic hydroxyl groups is 1. The molecule has 1 N–H and O–H groups in total. The summed E-state index contributed by atoms with van der Waals surface area (Å²) in [5, 5.41) is 15.0. The van der Waals surface area contributed by atoms with Crippen molar-refractivity contribution in [3.63, 3.8) is 0 Å². The first kappa shape index (κ1) is 41.0. The van der Waals surface area contributed by atoms with Gasteiger partial charge in [-0.2, -0.15) is 0 Å². The van der Waals surface area contributed by atoms with Crippen LogP contribution in [0.1, 0.15) is 71.4 Å². The molecule has 0 saturated heterocycles. The normalized spacial score (nSPS) is 12.6. The average molecular weight is 915 g/mol. The molecule has 2 aromatic heterocycles. The third-order valence-electron chi connectivity index (χ3n) is 10.1. The molecule has 0 aliphatic rings. The van der Waals surface area contributed by atoms with Gasteiger partial charge < -0.3 is 5.11 Å². The quantitative estimate of drug-likeness (QED) is 0.0621. The van der Waals surface area contributed by atoms with E-state index in [0.717, 1.165) is 52.5 Å². The van der Waals surface area contributed by atoms with E-state index in [2.05, 4.69) is 113 Å². The van der Waals surface area contributed by atoms with E-state index < -0.39 is 16.1 Å². The van der Waals surface area contributed by atoms with Gasteiger partial charge in [-0.3, -0.25) is 9.78 Å². The van der Waals surface area contributed by atoms with E-state index in [1.165, 1.54) is 43.0 Å². The minimum absolute atomic E-state index is 0. The van der Waals surface area contributed by atoms with Crippen molar-refractivity contribution in [2.75, 3.05) is 0 Å². The zero-order chi connectivity index (χ0) is 37.8. The topological polar surface area (TPSA) is 63.1 Å². The van der Waals surface area contributed by atoms with Gasteiger partial charge in [0.2, 0.25) is 0 Å². The Morgan fingerprint density at radius 3 is 2.06 bits per heavy atom.